The number of aryl methyl sites for hydroxylation is 2. The van der Waals surface area contributed by atoms with Gasteiger partial charge in [0.2, 0.25) is 0 Å². The van der Waals surface area contributed by atoms with Crippen LogP contribution in [0.2, 0.25) is 0 Å². The number of amides is 2. The second-order valence-electron chi connectivity index (χ2n) is 4.76. The summed E-state index contributed by atoms with van der Waals surface area (Å²) in [5.41, 5.74) is 3.27. The number of nitrogens with one attached hydrogen (secondary N) is 2. The highest BCUT2D eigenvalue weighted by Gasteiger charge is 2.11. The summed E-state index contributed by atoms with van der Waals surface area (Å²) in [6.07, 6.45) is 3.50. The van der Waals surface area contributed by atoms with E-state index >= 15 is 0 Å². The van der Waals surface area contributed by atoms with Gasteiger partial charge >= 0.3 is 6.03 Å². The van der Waals surface area contributed by atoms with Crippen LogP contribution in [0.5, 0.6) is 0 Å². The van der Waals surface area contributed by atoms with Crippen molar-refractivity contribution in [2.75, 3.05) is 23.9 Å². The average molecular weight is 296 g/mol. The van der Waals surface area contributed by atoms with Gasteiger partial charge in [-0.05, 0) is 49.3 Å². The zero-order valence-electron chi connectivity index (χ0n) is 12.4. The maximum Gasteiger partial charge on any atom is 0.319 e. The fourth-order valence-electron chi connectivity index (χ4n) is 2.04. The lowest BCUT2D eigenvalue weighted by molar-refractivity contribution is 0.241. The Hall–Kier alpha value is -1.20. The Morgan fingerprint density at radius 2 is 2.20 bits per heavy atom. The van der Waals surface area contributed by atoms with Crippen LogP contribution >= 0.6 is 11.8 Å². The number of hydrogen-bond donors (Lipinski definition) is 3. The molecule has 1 rings (SSSR count). The molecular weight excluding hydrogens is 272 g/mol. The van der Waals surface area contributed by atoms with Gasteiger partial charge in [0, 0.05) is 24.1 Å². The molecule has 0 aromatic heterocycles. The third-order valence-corrected chi connectivity index (χ3v) is 3.90. The second-order valence-corrected chi connectivity index (χ2v) is 5.67. The first-order valence-corrected chi connectivity index (χ1v) is 8.26. The summed E-state index contributed by atoms with van der Waals surface area (Å²) in [6, 6.07) is 5.70. The molecule has 0 saturated carbocycles. The van der Waals surface area contributed by atoms with Gasteiger partial charge < -0.3 is 15.7 Å². The molecule has 4 nitrogen and oxygen atoms in total. The predicted molar refractivity (Wildman–Crippen MR) is 86.6 cm³/mol. The van der Waals surface area contributed by atoms with Crippen molar-refractivity contribution in [2.45, 2.75) is 32.7 Å². The zero-order chi connectivity index (χ0) is 15.0. The molecule has 5 heteroatoms. The van der Waals surface area contributed by atoms with Crippen LogP contribution in [-0.2, 0) is 6.42 Å². The van der Waals surface area contributed by atoms with Crippen molar-refractivity contribution in [2.24, 2.45) is 0 Å². The summed E-state index contributed by atoms with van der Waals surface area (Å²) in [5.74, 6) is 0.794. The number of aliphatic hydroxyl groups is 1. The fraction of sp³-hybridized carbons (Fsp3) is 0.533. The van der Waals surface area contributed by atoms with Crippen molar-refractivity contribution >= 4 is 23.5 Å². The van der Waals surface area contributed by atoms with Crippen LogP contribution in [0.4, 0.5) is 10.5 Å². The highest BCUT2D eigenvalue weighted by molar-refractivity contribution is 7.98. The monoisotopic (exact) mass is 296 g/mol. The number of anilines is 1. The lowest BCUT2D eigenvalue weighted by atomic mass is 10.1. The second kappa shape index (κ2) is 8.87. The number of hydrogen-bond acceptors (Lipinski definition) is 3. The van der Waals surface area contributed by atoms with Gasteiger partial charge in [0.05, 0.1) is 0 Å². The standard InChI is InChI=1S/C15H24N2O2S/c1-4-12-9-13(6-5-11(12)2)16-15(19)17-14(7-8-18)10-20-3/h5-6,9,14,18H,4,7-8,10H2,1-3H3,(H2,16,17,19). The minimum atomic E-state index is -0.219. The first kappa shape index (κ1) is 16.9. The molecule has 112 valence electrons. The summed E-state index contributed by atoms with van der Waals surface area (Å²) < 4.78 is 0. The van der Waals surface area contributed by atoms with Crippen LogP contribution in [0.3, 0.4) is 0 Å². The van der Waals surface area contributed by atoms with E-state index in [1.165, 1.54) is 11.1 Å². The molecule has 1 atom stereocenters. The smallest absolute Gasteiger partial charge is 0.319 e. The van der Waals surface area contributed by atoms with Crippen molar-refractivity contribution < 1.29 is 9.90 Å². The van der Waals surface area contributed by atoms with Gasteiger partial charge in [-0.15, -0.1) is 0 Å². The van der Waals surface area contributed by atoms with Gasteiger partial charge in [0.15, 0.2) is 0 Å². The van der Waals surface area contributed by atoms with E-state index in [0.717, 1.165) is 17.9 Å². The van der Waals surface area contributed by atoms with Gasteiger partial charge in [-0.1, -0.05) is 13.0 Å². The van der Waals surface area contributed by atoms with Crippen LogP contribution in [0.15, 0.2) is 18.2 Å². The first-order valence-electron chi connectivity index (χ1n) is 6.87. The third kappa shape index (κ3) is 5.43. The van der Waals surface area contributed by atoms with Gasteiger partial charge in [-0.2, -0.15) is 11.8 Å². The summed E-state index contributed by atoms with van der Waals surface area (Å²) in [4.78, 5) is 11.9. The summed E-state index contributed by atoms with van der Waals surface area (Å²) in [5, 5.41) is 14.7. The van der Waals surface area contributed by atoms with Crippen LogP contribution in [0, 0.1) is 6.92 Å². The Morgan fingerprint density at radius 3 is 2.80 bits per heavy atom. The quantitative estimate of drug-likeness (QED) is 0.725. The highest BCUT2D eigenvalue weighted by Crippen LogP contribution is 2.15. The Kier molecular flexibility index (Phi) is 7.47. The van der Waals surface area contributed by atoms with Crippen molar-refractivity contribution in [1.82, 2.24) is 5.32 Å². The fourth-order valence-corrected chi connectivity index (χ4v) is 2.69. The van der Waals surface area contributed by atoms with E-state index in [1.54, 1.807) is 11.8 Å². The topological polar surface area (TPSA) is 61.4 Å². The number of carbonyl (C=O) groups excluding carboxylic acids is 1. The molecule has 1 aromatic rings. The summed E-state index contributed by atoms with van der Waals surface area (Å²) in [7, 11) is 0. The number of aliphatic hydroxyl groups excluding tert-OH is 1. The van der Waals surface area contributed by atoms with E-state index < -0.39 is 0 Å². The van der Waals surface area contributed by atoms with Crippen LogP contribution < -0.4 is 10.6 Å². The molecule has 0 aliphatic rings. The lowest BCUT2D eigenvalue weighted by Crippen LogP contribution is -2.40. The third-order valence-electron chi connectivity index (χ3n) is 3.17. The molecule has 0 radical (unpaired) electrons. The molecule has 0 heterocycles. The van der Waals surface area contributed by atoms with Crippen molar-refractivity contribution in [3.63, 3.8) is 0 Å². The summed E-state index contributed by atoms with van der Waals surface area (Å²) >= 11 is 1.65. The van der Waals surface area contributed by atoms with E-state index in [9.17, 15) is 4.79 Å². The Morgan fingerprint density at radius 1 is 1.45 bits per heavy atom. The molecule has 3 N–H and O–H groups in total. The van der Waals surface area contributed by atoms with Crippen molar-refractivity contribution in [3.05, 3.63) is 29.3 Å². The molecular formula is C15H24N2O2S. The van der Waals surface area contributed by atoms with Crippen LogP contribution in [-0.4, -0.2) is 35.8 Å². The molecule has 0 saturated heterocycles. The van der Waals surface area contributed by atoms with Crippen molar-refractivity contribution in [3.8, 4) is 0 Å². The number of thioether (sulfide) groups is 1. The van der Waals surface area contributed by atoms with Crippen LogP contribution in [0.25, 0.3) is 0 Å². The summed E-state index contributed by atoms with van der Waals surface area (Å²) in [6.45, 7) is 4.25. The molecule has 0 aliphatic carbocycles. The molecule has 1 unspecified atom stereocenters. The number of urea groups is 1. The Balaban J connectivity index is 2.60. The molecule has 0 spiro atoms. The number of benzene rings is 1. The Labute approximate surface area is 125 Å². The van der Waals surface area contributed by atoms with E-state index in [-0.39, 0.29) is 18.7 Å². The molecule has 0 fully saturated rings. The van der Waals surface area contributed by atoms with E-state index in [4.69, 9.17) is 5.11 Å². The molecule has 0 aliphatic heterocycles. The predicted octanol–water partition coefficient (Wildman–Crippen LogP) is 2.79. The van der Waals surface area contributed by atoms with Gasteiger partial charge in [-0.3, -0.25) is 0 Å². The molecule has 0 bridgehead atoms. The minimum Gasteiger partial charge on any atom is -0.396 e. The molecule has 2 amide bonds. The van der Waals surface area contributed by atoms with Crippen molar-refractivity contribution in [1.29, 1.82) is 0 Å². The number of carbonyl (C=O) groups is 1. The number of rotatable bonds is 7. The van der Waals surface area contributed by atoms with E-state index in [2.05, 4.69) is 24.5 Å². The molecule has 1 aromatic carbocycles. The highest BCUT2D eigenvalue weighted by atomic mass is 32.2. The van der Waals surface area contributed by atoms with Gasteiger partial charge in [0.1, 0.15) is 0 Å². The van der Waals surface area contributed by atoms with Gasteiger partial charge in [-0.25, -0.2) is 4.79 Å². The average Bonchev–Trinajstić information content (AvgIpc) is 2.41. The largest absolute Gasteiger partial charge is 0.396 e. The van der Waals surface area contributed by atoms with Gasteiger partial charge in [0.25, 0.3) is 0 Å². The maximum atomic E-state index is 11.9. The maximum absolute atomic E-state index is 11.9. The zero-order valence-corrected chi connectivity index (χ0v) is 13.2. The molecule has 20 heavy (non-hydrogen) atoms. The SMILES string of the molecule is CCc1cc(NC(=O)NC(CCO)CSC)ccc1C. The Bertz CT molecular complexity index is 432. The lowest BCUT2D eigenvalue weighted by Gasteiger charge is -2.17. The van der Waals surface area contributed by atoms with Crippen LogP contribution in [0.1, 0.15) is 24.5 Å². The first-order chi connectivity index (χ1) is 9.60. The van der Waals surface area contributed by atoms with E-state index in [0.29, 0.717) is 6.42 Å². The van der Waals surface area contributed by atoms with E-state index in [1.807, 2.05) is 24.5 Å². The minimum absolute atomic E-state index is 0.00825. The normalized spacial score (nSPS) is 12.0.